The molecule has 1 heterocycles. The van der Waals surface area contributed by atoms with E-state index in [4.69, 9.17) is 0 Å². The normalized spacial score (nSPS) is 12.2. The van der Waals surface area contributed by atoms with Crippen LogP contribution in [0.1, 0.15) is 92.5 Å². The Hall–Kier alpha value is 0.152. The Morgan fingerprint density at radius 1 is 0.906 bits per heavy atom. The van der Waals surface area contributed by atoms with E-state index in [1.807, 2.05) is 32.0 Å². The first-order valence-corrected chi connectivity index (χ1v) is 14.5. The summed E-state index contributed by atoms with van der Waals surface area (Å²) in [5, 5.41) is -0.0174. The van der Waals surface area contributed by atoms with Crippen LogP contribution in [0.2, 0.25) is 0 Å². The smallest absolute Gasteiger partial charge is 0.299 e. The first-order chi connectivity index (χ1) is 13.5. The summed E-state index contributed by atoms with van der Waals surface area (Å²) in [5.41, 5.74) is 2.14. The molecule has 1 N–H and O–H groups in total. The maximum Gasteiger partial charge on any atom is 0.299 e. The summed E-state index contributed by atoms with van der Waals surface area (Å²) in [6, 6.07) is 6.00. The van der Waals surface area contributed by atoms with Crippen LogP contribution in [0.25, 0.3) is 0 Å². The minimum Gasteiger partial charge on any atom is -0.358 e. The van der Waals surface area contributed by atoms with Crippen molar-refractivity contribution >= 4 is 18.0 Å². The van der Waals surface area contributed by atoms with Gasteiger partial charge in [-0.15, -0.1) is 0 Å². The van der Waals surface area contributed by atoms with Gasteiger partial charge in [-0.2, -0.15) is 8.42 Å². The average molecular weight is 582 g/mol. The fourth-order valence-electron chi connectivity index (χ4n) is 3.77. The Labute approximate surface area is 215 Å². The third-order valence-electron chi connectivity index (χ3n) is 5.68. The van der Waals surface area contributed by atoms with Crippen molar-refractivity contribution in [2.75, 3.05) is 5.49 Å². The Kier molecular flexibility index (Phi) is 18.3. The topological polar surface area (TPSA) is 67.3 Å². The van der Waals surface area contributed by atoms with Crippen LogP contribution in [0, 0.1) is 33.1 Å². The van der Waals surface area contributed by atoms with Crippen LogP contribution in [0.15, 0.2) is 18.2 Å². The number of aromatic nitrogens is 1. The molecule has 4 nitrogen and oxygen atoms in total. The molecule has 1 rings (SSSR count). The van der Waals surface area contributed by atoms with Crippen LogP contribution in [-0.2, 0) is 30.5 Å². The molecule has 0 unspecified atom stereocenters. The number of aryl methyl sites for hydroxylation is 2. The van der Waals surface area contributed by atoms with Gasteiger partial charge in [0.25, 0.3) is 10.1 Å². The fourth-order valence-corrected chi connectivity index (χ4v) is 11.1. The van der Waals surface area contributed by atoms with Crippen molar-refractivity contribution in [2.24, 2.45) is 11.8 Å². The molecule has 0 radical (unpaired) electrons. The SMILES string of the molecule is CC(C)CCC(C)(C)[PH+](CS(=O)(=O)O)C(C)(C)CCC(C)C.Cc1cccc(C)n1.[CH3-].[Pd]. The molecule has 7 heteroatoms. The van der Waals surface area contributed by atoms with E-state index in [9.17, 15) is 13.0 Å². The molecular formula is C25H50NO3PPdS. The summed E-state index contributed by atoms with van der Waals surface area (Å²) in [7, 11) is -5.21. The molecule has 0 fully saturated rings. The second kappa shape index (κ2) is 15.9. The number of pyridine rings is 1. The van der Waals surface area contributed by atoms with Gasteiger partial charge in [-0.05, 0) is 91.2 Å². The van der Waals surface area contributed by atoms with Gasteiger partial charge in [-0.1, -0.05) is 33.8 Å². The van der Waals surface area contributed by atoms with Crippen LogP contribution in [0.3, 0.4) is 0 Å². The van der Waals surface area contributed by atoms with Crippen LogP contribution < -0.4 is 0 Å². The second-order valence-electron chi connectivity index (χ2n) is 10.8. The van der Waals surface area contributed by atoms with Crippen molar-refractivity contribution in [1.29, 1.82) is 0 Å². The van der Waals surface area contributed by atoms with Crippen molar-refractivity contribution < 1.29 is 33.4 Å². The first kappa shape index (κ1) is 36.7. The van der Waals surface area contributed by atoms with Gasteiger partial charge < -0.3 is 7.43 Å². The average Bonchev–Trinajstić information content (AvgIpc) is 2.56. The maximum absolute atomic E-state index is 11.6. The molecule has 1 aromatic heterocycles. The van der Waals surface area contributed by atoms with Gasteiger partial charge in [0.15, 0.2) is 5.49 Å². The number of nitrogens with zero attached hydrogens (tertiary/aromatic N) is 1. The van der Waals surface area contributed by atoms with Crippen molar-refractivity contribution in [1.82, 2.24) is 4.98 Å². The molecule has 194 valence electrons. The summed E-state index contributed by atoms with van der Waals surface area (Å²) >= 11 is 0. The summed E-state index contributed by atoms with van der Waals surface area (Å²) in [5.74, 6) is 1.24. The minimum absolute atomic E-state index is 0. The van der Waals surface area contributed by atoms with Crippen molar-refractivity contribution in [2.45, 2.75) is 105 Å². The monoisotopic (exact) mass is 581 g/mol. The van der Waals surface area contributed by atoms with Gasteiger partial charge in [-0.25, -0.2) is 0 Å². The largest absolute Gasteiger partial charge is 0.358 e. The number of rotatable bonds is 10. The minimum atomic E-state index is -3.92. The summed E-state index contributed by atoms with van der Waals surface area (Å²) < 4.78 is 32.7. The maximum atomic E-state index is 11.6. The fraction of sp³-hybridized carbons (Fsp3) is 0.760. The molecule has 0 atom stereocenters. The van der Waals surface area contributed by atoms with Crippen molar-refractivity contribution in [3.05, 3.63) is 37.0 Å². The molecule has 0 spiro atoms. The molecule has 0 saturated heterocycles. The zero-order valence-corrected chi connectivity index (χ0v) is 25.7. The zero-order valence-electron chi connectivity index (χ0n) is 22.4. The molecule has 32 heavy (non-hydrogen) atoms. The molecule has 0 bridgehead atoms. The Balaban J connectivity index is -0.000000706. The number of hydrogen-bond acceptors (Lipinski definition) is 3. The van der Waals surface area contributed by atoms with Gasteiger partial charge in [0.05, 0.1) is 10.3 Å². The van der Waals surface area contributed by atoms with Crippen LogP contribution in [0.4, 0.5) is 0 Å². The molecule has 0 saturated carbocycles. The van der Waals surface area contributed by atoms with Crippen LogP contribution in [-0.4, -0.2) is 33.8 Å². The van der Waals surface area contributed by atoms with E-state index in [-0.39, 0.29) is 43.7 Å². The van der Waals surface area contributed by atoms with Gasteiger partial charge in [0, 0.05) is 39.7 Å². The molecule has 0 aliphatic rings. The van der Waals surface area contributed by atoms with Crippen molar-refractivity contribution in [3.63, 3.8) is 0 Å². The first-order valence-electron chi connectivity index (χ1n) is 11.2. The predicted octanol–water partition coefficient (Wildman–Crippen LogP) is 7.62. The van der Waals surface area contributed by atoms with E-state index in [1.165, 1.54) is 0 Å². The van der Waals surface area contributed by atoms with Gasteiger partial charge in [-0.3, -0.25) is 9.54 Å². The molecule has 0 aromatic carbocycles. The summed E-state index contributed by atoms with van der Waals surface area (Å²) in [6.45, 7) is 21.6. The van der Waals surface area contributed by atoms with Crippen molar-refractivity contribution in [3.8, 4) is 0 Å². The Bertz CT molecular complexity index is 693. The van der Waals surface area contributed by atoms with E-state index in [1.54, 1.807) is 0 Å². The van der Waals surface area contributed by atoms with Crippen LogP contribution in [0.5, 0.6) is 0 Å². The quantitative estimate of drug-likeness (QED) is 0.134. The van der Waals surface area contributed by atoms with E-state index < -0.39 is 18.0 Å². The Morgan fingerprint density at radius 3 is 1.47 bits per heavy atom. The third-order valence-corrected chi connectivity index (χ3v) is 12.1. The molecule has 0 amide bonds. The third kappa shape index (κ3) is 16.7. The number of hydrogen-bond donors (Lipinski definition) is 1. The summed E-state index contributed by atoms with van der Waals surface area (Å²) in [6.07, 6.45) is 4.26. The van der Waals surface area contributed by atoms with Gasteiger partial charge >= 0.3 is 0 Å². The van der Waals surface area contributed by atoms with Gasteiger partial charge in [0.1, 0.15) is 0 Å². The van der Waals surface area contributed by atoms with E-state index in [2.05, 4.69) is 60.4 Å². The molecular weight excluding hydrogens is 532 g/mol. The Morgan fingerprint density at radius 2 is 1.25 bits per heavy atom. The van der Waals surface area contributed by atoms with Crippen LogP contribution >= 0.6 is 7.92 Å². The molecule has 1 aromatic rings. The predicted molar refractivity (Wildman–Crippen MR) is 141 cm³/mol. The summed E-state index contributed by atoms with van der Waals surface area (Å²) in [4.78, 5) is 4.17. The van der Waals surface area contributed by atoms with E-state index in [0.29, 0.717) is 11.8 Å². The molecule has 0 aliphatic heterocycles. The van der Waals surface area contributed by atoms with Gasteiger partial charge in [0.2, 0.25) is 0 Å². The standard InChI is InChI=1S/C17H37O3PS.C7H9N.CH3.Pd/c1-14(2)9-11-16(5,6)21(13-22(18,19)20)17(7,8)12-10-15(3)4;1-6-4-3-5-7(2)8-6;;/h14-15H,9-13H2,1-8H3,(H,18,19,20);3-5H,1-2H3;1H3;/q;;-1;/p+1. The van der Waals surface area contributed by atoms with E-state index >= 15 is 0 Å². The zero-order chi connectivity index (χ0) is 23.8. The van der Waals surface area contributed by atoms with E-state index in [0.717, 1.165) is 37.1 Å². The second-order valence-corrected chi connectivity index (χ2v) is 16.7. The molecule has 0 aliphatic carbocycles.